The van der Waals surface area contributed by atoms with Gasteiger partial charge < -0.3 is 5.11 Å². The first-order chi connectivity index (χ1) is 5.75. The molecule has 14 heavy (non-hydrogen) atoms. The molecule has 0 aromatic rings. The molecule has 0 amide bonds. The van der Waals surface area contributed by atoms with Gasteiger partial charge in [-0.25, -0.2) is 4.39 Å². The predicted molar refractivity (Wildman–Crippen MR) is 32.2 cm³/mol. The van der Waals surface area contributed by atoms with Crippen molar-refractivity contribution in [2.24, 2.45) is 0 Å². The first kappa shape index (κ1) is 13.5. The van der Waals surface area contributed by atoms with Crippen LogP contribution in [0.1, 0.15) is 13.8 Å². The van der Waals surface area contributed by atoms with Crippen LogP contribution in [0.5, 0.6) is 0 Å². The molecule has 1 nitrogen and oxygen atoms in total. The van der Waals surface area contributed by atoms with Crippen LogP contribution in [0, 0.1) is 0 Å². The van der Waals surface area contributed by atoms with Crippen LogP contribution in [0.25, 0.3) is 0 Å². The lowest BCUT2D eigenvalue weighted by Crippen LogP contribution is -2.61. The number of rotatable bonds is 3. The van der Waals surface area contributed by atoms with Crippen molar-refractivity contribution >= 4 is 0 Å². The molecular weight excluding hydrogens is 221 g/mol. The van der Waals surface area contributed by atoms with Gasteiger partial charge in [-0.1, -0.05) is 0 Å². The Kier molecular flexibility index (Phi) is 2.87. The van der Waals surface area contributed by atoms with Gasteiger partial charge in [-0.3, -0.25) is 0 Å². The Hall–Kier alpha value is -0.530. The lowest BCUT2D eigenvalue weighted by atomic mass is 10.00. The summed E-state index contributed by atoms with van der Waals surface area (Å²) in [5.74, 6) is -21.7. The van der Waals surface area contributed by atoms with Gasteiger partial charge in [-0.15, -0.1) is 0 Å². The van der Waals surface area contributed by atoms with Gasteiger partial charge in [0.25, 0.3) is 5.85 Å². The summed E-state index contributed by atoms with van der Waals surface area (Å²) in [6.45, 7) is -0.820. The molecule has 0 aliphatic heterocycles. The van der Waals surface area contributed by atoms with E-state index in [1.165, 1.54) is 0 Å². The molecule has 0 aliphatic rings. The van der Waals surface area contributed by atoms with Crippen LogP contribution in [-0.4, -0.2) is 28.7 Å². The SMILES string of the molecule is CC(O)(F)C(F)(F)C(F)(F)C(C)(F)F. The highest BCUT2D eigenvalue weighted by Gasteiger charge is 2.76. The minimum Gasteiger partial charge on any atom is -0.357 e. The van der Waals surface area contributed by atoms with Gasteiger partial charge in [0.05, 0.1) is 0 Å². The molecule has 0 spiro atoms. The summed E-state index contributed by atoms with van der Waals surface area (Å²) in [7, 11) is 0. The van der Waals surface area contributed by atoms with E-state index in [9.17, 15) is 30.7 Å². The monoisotopic (exact) mass is 228 g/mol. The van der Waals surface area contributed by atoms with E-state index in [1.807, 2.05) is 0 Å². The minimum absolute atomic E-state index is 0.327. The Morgan fingerprint density at radius 1 is 0.714 bits per heavy atom. The summed E-state index contributed by atoms with van der Waals surface area (Å²) in [4.78, 5) is 0. The van der Waals surface area contributed by atoms with Gasteiger partial charge >= 0.3 is 17.8 Å². The van der Waals surface area contributed by atoms with Crippen molar-refractivity contribution in [3.05, 3.63) is 0 Å². The molecule has 8 heteroatoms. The normalized spacial score (nSPS) is 19.3. The maximum atomic E-state index is 12.3. The average Bonchev–Trinajstić information content (AvgIpc) is 1.81. The van der Waals surface area contributed by atoms with Crippen molar-refractivity contribution < 1.29 is 35.8 Å². The highest BCUT2D eigenvalue weighted by molar-refractivity contribution is 4.99. The number of hydrogen-bond acceptors (Lipinski definition) is 1. The summed E-state index contributed by atoms with van der Waals surface area (Å²) in [6, 6.07) is 0. The molecule has 0 rings (SSSR count). The van der Waals surface area contributed by atoms with Crippen LogP contribution in [0.3, 0.4) is 0 Å². The quantitative estimate of drug-likeness (QED) is 0.736. The third-order valence-electron chi connectivity index (χ3n) is 1.52. The number of hydrogen-bond donors (Lipinski definition) is 1. The van der Waals surface area contributed by atoms with Gasteiger partial charge in [0, 0.05) is 13.8 Å². The van der Waals surface area contributed by atoms with E-state index in [0.29, 0.717) is 0 Å². The molecule has 0 heterocycles. The molecular formula is C6H7F7O. The maximum Gasteiger partial charge on any atom is 0.377 e. The average molecular weight is 228 g/mol. The third-order valence-corrected chi connectivity index (χ3v) is 1.52. The van der Waals surface area contributed by atoms with Crippen molar-refractivity contribution in [2.45, 2.75) is 37.5 Å². The van der Waals surface area contributed by atoms with Gasteiger partial charge in [0.15, 0.2) is 0 Å². The summed E-state index contributed by atoms with van der Waals surface area (Å²) in [5, 5.41) is 8.01. The molecule has 0 saturated heterocycles. The van der Waals surface area contributed by atoms with Gasteiger partial charge in [0.2, 0.25) is 0 Å². The second-order valence-corrected chi connectivity index (χ2v) is 2.99. The summed E-state index contributed by atoms with van der Waals surface area (Å²) in [6.07, 6.45) is 0. The lowest BCUT2D eigenvalue weighted by molar-refractivity contribution is -0.373. The zero-order valence-corrected chi connectivity index (χ0v) is 7.09. The van der Waals surface area contributed by atoms with E-state index in [2.05, 4.69) is 0 Å². The fourth-order valence-electron chi connectivity index (χ4n) is 0.562. The van der Waals surface area contributed by atoms with Crippen LogP contribution < -0.4 is 0 Å². The topological polar surface area (TPSA) is 20.2 Å². The van der Waals surface area contributed by atoms with E-state index >= 15 is 0 Å². The van der Waals surface area contributed by atoms with Crippen LogP contribution in [0.15, 0.2) is 0 Å². The fraction of sp³-hybridized carbons (Fsp3) is 1.00. The number of alkyl halides is 7. The Bertz CT molecular complexity index is 187. The van der Waals surface area contributed by atoms with E-state index < -0.39 is 30.5 Å². The molecule has 0 aromatic carbocycles. The minimum atomic E-state index is -5.97. The Morgan fingerprint density at radius 3 is 1.07 bits per heavy atom. The molecule has 1 atom stereocenters. The van der Waals surface area contributed by atoms with Crippen molar-refractivity contribution in [1.82, 2.24) is 0 Å². The smallest absolute Gasteiger partial charge is 0.357 e. The first-order valence-corrected chi connectivity index (χ1v) is 3.30. The highest BCUT2D eigenvalue weighted by atomic mass is 19.3. The summed E-state index contributed by atoms with van der Waals surface area (Å²) < 4.78 is 85.5. The van der Waals surface area contributed by atoms with E-state index in [1.54, 1.807) is 0 Å². The van der Waals surface area contributed by atoms with E-state index in [-0.39, 0.29) is 6.92 Å². The lowest BCUT2D eigenvalue weighted by Gasteiger charge is -2.34. The van der Waals surface area contributed by atoms with Crippen LogP contribution in [-0.2, 0) is 0 Å². The standard InChI is InChI=1S/C6H7F7O/c1-3(7,8)5(10,11)6(12,13)4(2,9)14/h14H,1-2H3. The van der Waals surface area contributed by atoms with Crippen LogP contribution in [0.4, 0.5) is 30.7 Å². The van der Waals surface area contributed by atoms with Crippen LogP contribution in [0.2, 0.25) is 0 Å². The fourth-order valence-corrected chi connectivity index (χ4v) is 0.562. The second kappa shape index (κ2) is 2.98. The first-order valence-electron chi connectivity index (χ1n) is 3.30. The Balaban J connectivity index is 5.30. The van der Waals surface area contributed by atoms with E-state index in [4.69, 9.17) is 5.11 Å². The molecule has 0 aliphatic carbocycles. The molecule has 1 N–H and O–H groups in total. The molecule has 0 bridgehead atoms. The molecule has 0 saturated carbocycles. The molecule has 0 radical (unpaired) electrons. The zero-order valence-electron chi connectivity index (χ0n) is 7.09. The largest absolute Gasteiger partial charge is 0.377 e. The Morgan fingerprint density at radius 2 is 1.00 bits per heavy atom. The van der Waals surface area contributed by atoms with Crippen LogP contribution >= 0.6 is 0 Å². The summed E-state index contributed by atoms with van der Waals surface area (Å²) >= 11 is 0. The van der Waals surface area contributed by atoms with Crippen molar-refractivity contribution in [2.75, 3.05) is 0 Å². The van der Waals surface area contributed by atoms with Crippen molar-refractivity contribution in [3.8, 4) is 0 Å². The Labute approximate surface area is 74.5 Å². The van der Waals surface area contributed by atoms with Gasteiger partial charge in [-0.2, -0.15) is 26.3 Å². The number of halogens is 7. The van der Waals surface area contributed by atoms with E-state index in [0.717, 1.165) is 0 Å². The highest BCUT2D eigenvalue weighted by Crippen LogP contribution is 2.50. The zero-order chi connectivity index (χ0) is 12.0. The molecule has 0 fully saturated rings. The predicted octanol–water partition coefficient (Wildman–Crippen LogP) is 2.59. The maximum absolute atomic E-state index is 12.3. The third kappa shape index (κ3) is 1.79. The number of aliphatic hydroxyl groups is 1. The summed E-state index contributed by atoms with van der Waals surface area (Å²) in [5.41, 5.74) is 0. The molecule has 1 unspecified atom stereocenters. The second-order valence-electron chi connectivity index (χ2n) is 2.99. The van der Waals surface area contributed by atoms with Gasteiger partial charge in [-0.05, 0) is 0 Å². The van der Waals surface area contributed by atoms with Gasteiger partial charge in [0.1, 0.15) is 0 Å². The molecule has 0 aromatic heterocycles. The van der Waals surface area contributed by atoms with Crippen molar-refractivity contribution in [3.63, 3.8) is 0 Å². The van der Waals surface area contributed by atoms with Crippen molar-refractivity contribution in [1.29, 1.82) is 0 Å². The molecule has 86 valence electrons.